The van der Waals surface area contributed by atoms with Crippen LogP contribution < -0.4 is 11.1 Å². The number of nitrogens with two attached hydrogens (primary N) is 1. The standard InChI is InChI=1S/C8H9N5O/c9-2-6-1-7(12-4-11-6)13-8-3-10-5-14-8/h1,3-5H,2,9H2,(H,11,12,13). The van der Waals surface area contributed by atoms with Crippen LogP contribution in [0.5, 0.6) is 0 Å². The maximum atomic E-state index is 5.44. The Balaban J connectivity index is 2.17. The molecule has 0 aliphatic carbocycles. The van der Waals surface area contributed by atoms with Crippen LogP contribution in [0.15, 0.2) is 29.4 Å². The lowest BCUT2D eigenvalue weighted by Gasteiger charge is -2.01. The molecule has 2 heterocycles. The van der Waals surface area contributed by atoms with Crippen molar-refractivity contribution < 1.29 is 4.42 Å². The van der Waals surface area contributed by atoms with Crippen LogP contribution in [0, 0.1) is 0 Å². The van der Waals surface area contributed by atoms with Crippen molar-refractivity contribution in [2.45, 2.75) is 6.54 Å². The van der Waals surface area contributed by atoms with E-state index in [0.29, 0.717) is 18.2 Å². The van der Waals surface area contributed by atoms with Crippen LogP contribution in [0.1, 0.15) is 5.69 Å². The number of nitrogens with zero attached hydrogens (tertiary/aromatic N) is 3. The Bertz CT molecular complexity index is 400. The molecule has 0 bridgehead atoms. The van der Waals surface area contributed by atoms with Gasteiger partial charge in [-0.3, -0.25) is 0 Å². The highest BCUT2D eigenvalue weighted by Crippen LogP contribution is 2.12. The van der Waals surface area contributed by atoms with Gasteiger partial charge in [0.25, 0.3) is 0 Å². The fourth-order valence-electron chi connectivity index (χ4n) is 0.981. The van der Waals surface area contributed by atoms with Crippen LogP contribution in [0.4, 0.5) is 11.7 Å². The van der Waals surface area contributed by atoms with E-state index >= 15 is 0 Å². The SMILES string of the molecule is NCc1cc(Nc2cnco2)ncn1. The Morgan fingerprint density at radius 1 is 1.43 bits per heavy atom. The Hall–Kier alpha value is -1.95. The zero-order chi connectivity index (χ0) is 9.80. The molecule has 6 nitrogen and oxygen atoms in total. The summed E-state index contributed by atoms with van der Waals surface area (Å²) in [6.07, 6.45) is 4.35. The number of aromatic nitrogens is 3. The second kappa shape index (κ2) is 3.84. The van der Waals surface area contributed by atoms with Gasteiger partial charge in [0.05, 0.1) is 11.9 Å². The Morgan fingerprint density at radius 3 is 3.07 bits per heavy atom. The molecule has 72 valence electrons. The van der Waals surface area contributed by atoms with E-state index in [0.717, 1.165) is 5.69 Å². The quantitative estimate of drug-likeness (QED) is 0.740. The molecule has 0 fully saturated rings. The molecule has 0 spiro atoms. The van der Waals surface area contributed by atoms with Gasteiger partial charge in [-0.1, -0.05) is 0 Å². The number of rotatable bonds is 3. The monoisotopic (exact) mass is 191 g/mol. The first-order chi connectivity index (χ1) is 6.88. The van der Waals surface area contributed by atoms with Crippen molar-refractivity contribution in [1.29, 1.82) is 0 Å². The van der Waals surface area contributed by atoms with Gasteiger partial charge in [-0.2, -0.15) is 0 Å². The van der Waals surface area contributed by atoms with Gasteiger partial charge in [0, 0.05) is 12.6 Å². The highest BCUT2D eigenvalue weighted by molar-refractivity contribution is 5.48. The lowest BCUT2D eigenvalue weighted by molar-refractivity contribution is 0.574. The van der Waals surface area contributed by atoms with E-state index in [4.69, 9.17) is 10.2 Å². The summed E-state index contributed by atoms with van der Waals surface area (Å²) < 4.78 is 5.00. The van der Waals surface area contributed by atoms with Gasteiger partial charge in [0.2, 0.25) is 5.88 Å². The van der Waals surface area contributed by atoms with Gasteiger partial charge >= 0.3 is 0 Å². The Kier molecular flexibility index (Phi) is 2.37. The van der Waals surface area contributed by atoms with Crippen molar-refractivity contribution in [3.05, 3.63) is 30.7 Å². The molecular weight excluding hydrogens is 182 g/mol. The normalized spacial score (nSPS) is 10.1. The number of oxazole rings is 1. The Morgan fingerprint density at radius 2 is 2.36 bits per heavy atom. The second-order valence-corrected chi connectivity index (χ2v) is 2.59. The molecule has 2 aromatic rings. The van der Waals surface area contributed by atoms with Crippen LogP contribution in [-0.2, 0) is 6.54 Å². The summed E-state index contributed by atoms with van der Waals surface area (Å²) in [5.74, 6) is 1.17. The minimum absolute atomic E-state index is 0.383. The van der Waals surface area contributed by atoms with E-state index in [2.05, 4.69) is 20.3 Å². The van der Waals surface area contributed by atoms with Gasteiger partial charge < -0.3 is 15.5 Å². The summed E-state index contributed by atoms with van der Waals surface area (Å²) in [6, 6.07) is 1.75. The smallest absolute Gasteiger partial charge is 0.218 e. The first-order valence-corrected chi connectivity index (χ1v) is 4.05. The van der Waals surface area contributed by atoms with E-state index in [9.17, 15) is 0 Å². The van der Waals surface area contributed by atoms with Crippen molar-refractivity contribution in [3.8, 4) is 0 Å². The molecule has 2 aromatic heterocycles. The highest BCUT2D eigenvalue weighted by atomic mass is 16.4. The van der Waals surface area contributed by atoms with E-state index in [1.165, 1.54) is 12.7 Å². The van der Waals surface area contributed by atoms with Crippen molar-refractivity contribution in [2.75, 3.05) is 5.32 Å². The second-order valence-electron chi connectivity index (χ2n) is 2.59. The lowest BCUT2D eigenvalue weighted by atomic mass is 10.4. The van der Waals surface area contributed by atoms with Crippen LogP contribution in [0.3, 0.4) is 0 Å². The van der Waals surface area contributed by atoms with Crippen LogP contribution >= 0.6 is 0 Å². The largest absolute Gasteiger partial charge is 0.428 e. The molecule has 0 aliphatic rings. The maximum absolute atomic E-state index is 5.44. The summed E-state index contributed by atoms with van der Waals surface area (Å²) in [5, 5.41) is 2.92. The molecule has 0 amide bonds. The molecule has 0 aromatic carbocycles. The van der Waals surface area contributed by atoms with Crippen LogP contribution in [-0.4, -0.2) is 15.0 Å². The molecule has 0 saturated heterocycles. The van der Waals surface area contributed by atoms with E-state index < -0.39 is 0 Å². The minimum atomic E-state index is 0.383. The third-order valence-electron chi connectivity index (χ3n) is 1.62. The fraction of sp³-hybridized carbons (Fsp3) is 0.125. The third kappa shape index (κ3) is 1.86. The average Bonchev–Trinajstić information content (AvgIpc) is 2.71. The molecular formula is C8H9N5O. The highest BCUT2D eigenvalue weighted by Gasteiger charge is 1.99. The zero-order valence-corrected chi connectivity index (χ0v) is 7.34. The first kappa shape index (κ1) is 8.64. The molecule has 0 unspecified atom stereocenters. The van der Waals surface area contributed by atoms with Crippen molar-refractivity contribution in [1.82, 2.24) is 15.0 Å². The molecule has 14 heavy (non-hydrogen) atoms. The zero-order valence-electron chi connectivity index (χ0n) is 7.34. The topological polar surface area (TPSA) is 89.9 Å². The Labute approximate surface area is 80.2 Å². The van der Waals surface area contributed by atoms with Gasteiger partial charge in [-0.05, 0) is 0 Å². The number of hydrogen-bond donors (Lipinski definition) is 2. The van der Waals surface area contributed by atoms with Crippen molar-refractivity contribution in [2.24, 2.45) is 5.73 Å². The van der Waals surface area contributed by atoms with E-state index in [1.54, 1.807) is 12.3 Å². The molecule has 2 rings (SSSR count). The summed E-state index contributed by atoms with van der Waals surface area (Å²) in [5.41, 5.74) is 6.20. The van der Waals surface area contributed by atoms with Gasteiger partial charge in [0.15, 0.2) is 6.39 Å². The predicted molar refractivity (Wildman–Crippen MR) is 49.7 cm³/mol. The number of nitrogens with one attached hydrogen (secondary N) is 1. The van der Waals surface area contributed by atoms with Gasteiger partial charge in [0.1, 0.15) is 12.1 Å². The fourth-order valence-corrected chi connectivity index (χ4v) is 0.981. The molecule has 6 heteroatoms. The van der Waals surface area contributed by atoms with Gasteiger partial charge in [-0.15, -0.1) is 0 Å². The molecule has 0 aliphatic heterocycles. The summed E-state index contributed by atoms with van der Waals surface area (Å²) >= 11 is 0. The van der Waals surface area contributed by atoms with Crippen molar-refractivity contribution in [3.63, 3.8) is 0 Å². The van der Waals surface area contributed by atoms with Crippen molar-refractivity contribution >= 4 is 11.7 Å². The summed E-state index contributed by atoms with van der Waals surface area (Å²) in [7, 11) is 0. The number of anilines is 2. The average molecular weight is 191 g/mol. The third-order valence-corrected chi connectivity index (χ3v) is 1.62. The predicted octanol–water partition coefficient (Wildman–Crippen LogP) is 0.667. The van der Waals surface area contributed by atoms with Gasteiger partial charge in [-0.25, -0.2) is 15.0 Å². The summed E-state index contributed by atoms with van der Waals surface area (Å²) in [6.45, 7) is 0.383. The molecule has 0 saturated carbocycles. The molecule has 0 radical (unpaired) electrons. The lowest BCUT2D eigenvalue weighted by Crippen LogP contribution is -2.01. The maximum Gasteiger partial charge on any atom is 0.218 e. The van der Waals surface area contributed by atoms with E-state index in [-0.39, 0.29) is 0 Å². The van der Waals surface area contributed by atoms with Crippen LogP contribution in [0.2, 0.25) is 0 Å². The number of hydrogen-bond acceptors (Lipinski definition) is 6. The summed E-state index contributed by atoms with van der Waals surface area (Å²) in [4.78, 5) is 11.7. The van der Waals surface area contributed by atoms with Crippen LogP contribution in [0.25, 0.3) is 0 Å². The molecule has 3 N–H and O–H groups in total. The van der Waals surface area contributed by atoms with E-state index in [1.807, 2.05) is 0 Å². The molecule has 0 atom stereocenters. The minimum Gasteiger partial charge on any atom is -0.428 e. The first-order valence-electron chi connectivity index (χ1n) is 4.05.